The molecule has 2 unspecified atom stereocenters. The van der Waals surface area contributed by atoms with Crippen molar-refractivity contribution in [1.82, 2.24) is 10.6 Å². The average Bonchev–Trinajstić information content (AvgIpc) is 2.64. The summed E-state index contributed by atoms with van der Waals surface area (Å²) >= 11 is 0. The Bertz CT molecular complexity index is 515. The molecule has 0 aliphatic heterocycles. The van der Waals surface area contributed by atoms with Crippen LogP contribution in [0, 0.1) is 10.8 Å². The summed E-state index contributed by atoms with van der Waals surface area (Å²) in [7, 11) is 0. The van der Waals surface area contributed by atoms with E-state index in [1.807, 2.05) is 13.8 Å². The Morgan fingerprint density at radius 2 is 1.37 bits per heavy atom. The van der Waals surface area contributed by atoms with Gasteiger partial charge in [-0.25, -0.2) is 9.59 Å². The van der Waals surface area contributed by atoms with Gasteiger partial charge in [-0.1, -0.05) is 41.5 Å². The molecule has 0 fully saturated rings. The van der Waals surface area contributed by atoms with Gasteiger partial charge >= 0.3 is 11.9 Å². The van der Waals surface area contributed by atoms with Crippen molar-refractivity contribution in [2.24, 2.45) is 10.8 Å². The standard InChI is InChI=1S/C19H36N2O7.C2H6/c1-8-27-14(23)13(15(24)28-9-2)21-17(26)19(6,7)11-18(4,5)16(25)20-10-12(3)22;1-2/h12-13,17,21-22,26H,8-11H2,1-7H3,(H,20,25);1-2H3. The first-order valence-corrected chi connectivity index (χ1v) is 10.5. The number of hydrogen-bond donors (Lipinski definition) is 4. The Labute approximate surface area is 180 Å². The fourth-order valence-electron chi connectivity index (χ4n) is 2.86. The van der Waals surface area contributed by atoms with Crippen LogP contribution in [0.2, 0.25) is 0 Å². The molecule has 0 aromatic heterocycles. The molecule has 0 saturated heterocycles. The monoisotopic (exact) mass is 434 g/mol. The third-order valence-electron chi connectivity index (χ3n) is 4.18. The van der Waals surface area contributed by atoms with Crippen molar-refractivity contribution in [2.75, 3.05) is 19.8 Å². The maximum Gasteiger partial charge on any atom is 0.334 e. The van der Waals surface area contributed by atoms with Crippen molar-refractivity contribution in [3.05, 3.63) is 0 Å². The highest BCUT2D eigenvalue weighted by Crippen LogP contribution is 2.36. The van der Waals surface area contributed by atoms with Crippen molar-refractivity contribution >= 4 is 17.8 Å². The lowest BCUT2D eigenvalue weighted by molar-refractivity contribution is -0.161. The van der Waals surface area contributed by atoms with Gasteiger partial charge < -0.3 is 25.0 Å². The van der Waals surface area contributed by atoms with Crippen LogP contribution < -0.4 is 10.6 Å². The molecule has 0 aromatic rings. The predicted octanol–water partition coefficient (Wildman–Crippen LogP) is 1.35. The highest BCUT2D eigenvalue weighted by atomic mass is 16.6. The smallest absolute Gasteiger partial charge is 0.334 e. The van der Waals surface area contributed by atoms with E-state index in [1.165, 1.54) is 0 Å². The number of rotatable bonds is 12. The molecule has 0 radical (unpaired) electrons. The average molecular weight is 435 g/mol. The second-order valence-electron chi connectivity index (χ2n) is 8.11. The summed E-state index contributed by atoms with van der Waals surface area (Å²) in [5.74, 6) is -1.96. The highest BCUT2D eigenvalue weighted by molar-refractivity contribution is 5.99. The molecule has 0 spiro atoms. The zero-order chi connectivity index (χ0) is 24.1. The molecular formula is C21H42N2O7. The number of esters is 2. The third-order valence-corrected chi connectivity index (χ3v) is 4.18. The van der Waals surface area contributed by atoms with Gasteiger partial charge in [0.05, 0.1) is 19.3 Å². The van der Waals surface area contributed by atoms with Gasteiger partial charge in [0.15, 0.2) is 0 Å². The summed E-state index contributed by atoms with van der Waals surface area (Å²) in [5.41, 5.74) is -1.76. The first-order valence-electron chi connectivity index (χ1n) is 10.5. The lowest BCUT2D eigenvalue weighted by Gasteiger charge is -2.38. The fraction of sp³-hybridized carbons (Fsp3) is 0.857. The minimum absolute atomic E-state index is 0.0758. The largest absolute Gasteiger partial charge is 0.464 e. The molecule has 4 N–H and O–H groups in total. The topological polar surface area (TPSA) is 134 Å². The lowest BCUT2D eigenvalue weighted by Crippen LogP contribution is -2.55. The van der Waals surface area contributed by atoms with Crippen molar-refractivity contribution in [1.29, 1.82) is 0 Å². The second-order valence-corrected chi connectivity index (χ2v) is 8.11. The number of hydrogen-bond acceptors (Lipinski definition) is 8. The van der Waals surface area contributed by atoms with E-state index in [9.17, 15) is 24.6 Å². The summed E-state index contributed by atoms with van der Waals surface area (Å²) in [6, 6.07) is -1.47. The Hall–Kier alpha value is -1.71. The zero-order valence-electron chi connectivity index (χ0n) is 20.0. The number of ether oxygens (including phenoxy) is 2. The normalized spacial score (nSPS) is 13.6. The van der Waals surface area contributed by atoms with Crippen LogP contribution in [-0.4, -0.2) is 66.2 Å². The van der Waals surface area contributed by atoms with Crippen molar-refractivity contribution in [3.8, 4) is 0 Å². The van der Waals surface area contributed by atoms with E-state index in [0.29, 0.717) is 0 Å². The Morgan fingerprint density at radius 1 is 0.933 bits per heavy atom. The van der Waals surface area contributed by atoms with E-state index in [-0.39, 0.29) is 32.1 Å². The van der Waals surface area contributed by atoms with Crippen LogP contribution in [0.15, 0.2) is 0 Å². The van der Waals surface area contributed by atoms with Crippen LogP contribution in [0.3, 0.4) is 0 Å². The first kappa shape index (κ1) is 30.5. The van der Waals surface area contributed by atoms with Gasteiger partial charge in [-0.3, -0.25) is 10.1 Å². The predicted molar refractivity (Wildman–Crippen MR) is 114 cm³/mol. The third kappa shape index (κ3) is 10.9. The van der Waals surface area contributed by atoms with Crippen LogP contribution in [0.1, 0.15) is 68.7 Å². The molecule has 0 saturated carbocycles. The molecule has 0 aliphatic carbocycles. The minimum Gasteiger partial charge on any atom is -0.464 e. The molecule has 0 aliphatic rings. The molecule has 0 heterocycles. The molecule has 1 amide bonds. The quantitative estimate of drug-likeness (QED) is 0.205. The summed E-state index contributed by atoms with van der Waals surface area (Å²) in [4.78, 5) is 36.6. The van der Waals surface area contributed by atoms with E-state index in [4.69, 9.17) is 9.47 Å². The van der Waals surface area contributed by atoms with Crippen LogP contribution in [0.4, 0.5) is 0 Å². The summed E-state index contributed by atoms with van der Waals surface area (Å²) in [5, 5.41) is 25.2. The lowest BCUT2D eigenvalue weighted by atomic mass is 9.73. The van der Waals surface area contributed by atoms with Crippen molar-refractivity contribution in [3.63, 3.8) is 0 Å². The SMILES string of the molecule is CC.CCOC(=O)C(NC(O)C(C)(C)CC(C)(C)C(=O)NCC(C)O)C(=O)OCC. The summed E-state index contributed by atoms with van der Waals surface area (Å²) in [6.45, 7) is 15.9. The Kier molecular flexibility index (Phi) is 14.6. The summed E-state index contributed by atoms with van der Waals surface area (Å²) < 4.78 is 9.75. The summed E-state index contributed by atoms with van der Waals surface area (Å²) in [6.07, 6.45) is -1.73. The number of amides is 1. The van der Waals surface area contributed by atoms with Gasteiger partial charge in [-0.2, -0.15) is 0 Å². The van der Waals surface area contributed by atoms with Gasteiger partial charge in [-0.15, -0.1) is 0 Å². The fourth-order valence-corrected chi connectivity index (χ4v) is 2.86. The highest BCUT2D eigenvalue weighted by Gasteiger charge is 2.41. The number of carbonyl (C=O) groups excluding carboxylic acids is 3. The van der Waals surface area contributed by atoms with E-state index >= 15 is 0 Å². The number of aliphatic hydroxyl groups is 2. The van der Waals surface area contributed by atoms with Crippen LogP contribution in [0.25, 0.3) is 0 Å². The molecular weight excluding hydrogens is 392 g/mol. The number of nitrogens with one attached hydrogen (secondary N) is 2. The molecule has 30 heavy (non-hydrogen) atoms. The molecule has 2 atom stereocenters. The Balaban J connectivity index is 0. The number of carbonyl (C=O) groups is 3. The minimum atomic E-state index is -1.47. The van der Waals surface area contributed by atoms with Crippen LogP contribution in [-0.2, 0) is 23.9 Å². The molecule has 9 nitrogen and oxygen atoms in total. The van der Waals surface area contributed by atoms with Crippen molar-refractivity contribution in [2.45, 2.75) is 87.1 Å². The molecule has 9 heteroatoms. The zero-order valence-corrected chi connectivity index (χ0v) is 20.0. The van der Waals surface area contributed by atoms with Crippen LogP contribution in [0.5, 0.6) is 0 Å². The van der Waals surface area contributed by atoms with E-state index in [1.54, 1.807) is 48.5 Å². The Morgan fingerprint density at radius 3 is 1.73 bits per heavy atom. The molecule has 0 rings (SSSR count). The molecule has 178 valence electrons. The van der Waals surface area contributed by atoms with Gasteiger partial charge in [-0.05, 0) is 27.2 Å². The van der Waals surface area contributed by atoms with Gasteiger partial charge in [0.1, 0.15) is 6.23 Å². The van der Waals surface area contributed by atoms with E-state index < -0.39 is 41.1 Å². The maximum atomic E-state index is 12.4. The van der Waals surface area contributed by atoms with Gasteiger partial charge in [0.2, 0.25) is 11.9 Å². The van der Waals surface area contributed by atoms with E-state index in [2.05, 4.69) is 10.6 Å². The first-order chi connectivity index (χ1) is 13.8. The molecule has 0 aromatic carbocycles. The van der Waals surface area contributed by atoms with Gasteiger partial charge in [0.25, 0.3) is 0 Å². The maximum absolute atomic E-state index is 12.4. The number of aliphatic hydroxyl groups excluding tert-OH is 2. The molecule has 0 bridgehead atoms. The van der Waals surface area contributed by atoms with Crippen molar-refractivity contribution < 1.29 is 34.1 Å². The van der Waals surface area contributed by atoms with Crippen LogP contribution >= 0.6 is 0 Å². The van der Waals surface area contributed by atoms with Gasteiger partial charge in [0, 0.05) is 17.4 Å². The second kappa shape index (κ2) is 14.3. The van der Waals surface area contributed by atoms with E-state index in [0.717, 1.165) is 0 Å².